The monoisotopic (exact) mass is 495 g/mol. The van der Waals surface area contributed by atoms with Crippen molar-refractivity contribution in [3.63, 3.8) is 0 Å². The van der Waals surface area contributed by atoms with Gasteiger partial charge in [0.1, 0.15) is 11.8 Å². The molecule has 0 aliphatic heterocycles. The number of carbonyl (C=O) groups is 1. The lowest BCUT2D eigenvalue weighted by molar-refractivity contribution is 0.256. The summed E-state index contributed by atoms with van der Waals surface area (Å²) in [5.74, 6) is 0. The number of anilines is 1. The molecule has 172 valence electrons. The number of hydrogen-bond acceptors (Lipinski definition) is 6. The molecule has 4 aromatic rings. The predicted octanol–water partition coefficient (Wildman–Crippen LogP) is 5.02. The molecule has 2 N–H and O–H groups in total. The number of aryl methyl sites for hydroxylation is 1. The molecule has 34 heavy (non-hydrogen) atoms. The number of benzene rings is 3. The van der Waals surface area contributed by atoms with E-state index in [1.54, 1.807) is 49.4 Å². The van der Waals surface area contributed by atoms with Gasteiger partial charge in [-0.05, 0) is 61.0 Å². The zero-order valence-electron chi connectivity index (χ0n) is 17.8. The summed E-state index contributed by atoms with van der Waals surface area (Å²) < 4.78 is 32.4. The topological polar surface area (TPSA) is 118 Å². The Hall–Kier alpha value is -3.95. The molecular formula is C24H18ClN3O5S. The average Bonchev–Trinajstić information content (AvgIpc) is 2.81. The lowest BCUT2D eigenvalue weighted by Crippen LogP contribution is -2.34. The van der Waals surface area contributed by atoms with Crippen LogP contribution in [0.5, 0.6) is 0 Å². The predicted molar refractivity (Wildman–Crippen MR) is 132 cm³/mol. The number of nitrogens with zero attached hydrogens (tertiary/aromatic N) is 1. The van der Waals surface area contributed by atoms with E-state index in [4.69, 9.17) is 16.0 Å². The van der Waals surface area contributed by atoms with Crippen molar-refractivity contribution in [3.05, 3.63) is 99.4 Å². The highest BCUT2D eigenvalue weighted by atomic mass is 35.5. The number of fused-ring (bicyclic) bond motifs is 1. The van der Waals surface area contributed by atoms with Crippen molar-refractivity contribution in [1.82, 2.24) is 4.72 Å². The van der Waals surface area contributed by atoms with Gasteiger partial charge < -0.3 is 9.73 Å². The fourth-order valence-electron chi connectivity index (χ4n) is 3.17. The number of halogens is 1. The number of hydrogen-bond donors (Lipinski definition) is 2. The summed E-state index contributed by atoms with van der Waals surface area (Å²) in [5.41, 5.74) is 1.82. The third kappa shape index (κ3) is 5.00. The number of sulfonamides is 1. The minimum atomic E-state index is -4.09. The SMILES string of the molecule is Cc1c(Cl)ccc2occ(C=Nc3ccc(S(=O)(=O)NC(=O)Nc4ccccc4)cc3)c(=O)c12. The molecule has 3 aromatic carbocycles. The molecule has 0 bridgehead atoms. The van der Waals surface area contributed by atoms with Crippen molar-refractivity contribution in [2.45, 2.75) is 11.8 Å². The number of rotatable bonds is 5. The molecule has 0 saturated carbocycles. The third-order valence-corrected chi connectivity index (χ3v) is 6.68. The number of aliphatic imine (C=N–C) groups is 1. The number of urea groups is 1. The standard InChI is InChI=1S/C24H18ClN3O5S/c1-15-20(25)11-12-21-22(15)23(29)16(14-33-21)13-26-17-7-9-19(10-8-17)34(31,32)28-24(30)27-18-5-3-2-4-6-18/h2-14H,1H3,(H2,27,28,30). The molecule has 4 rings (SSSR count). The maximum atomic E-state index is 12.8. The van der Waals surface area contributed by atoms with Gasteiger partial charge in [0.15, 0.2) is 0 Å². The molecule has 0 saturated heterocycles. The van der Waals surface area contributed by atoms with Crippen molar-refractivity contribution in [3.8, 4) is 0 Å². The largest absolute Gasteiger partial charge is 0.463 e. The van der Waals surface area contributed by atoms with E-state index in [0.29, 0.717) is 32.9 Å². The Bertz CT molecular complexity index is 1560. The zero-order valence-corrected chi connectivity index (χ0v) is 19.4. The first-order chi connectivity index (χ1) is 16.2. The quantitative estimate of drug-likeness (QED) is 0.377. The molecule has 10 heteroatoms. The summed E-state index contributed by atoms with van der Waals surface area (Å²) in [5, 5.41) is 3.27. The van der Waals surface area contributed by atoms with E-state index < -0.39 is 16.1 Å². The molecule has 0 radical (unpaired) electrons. The van der Waals surface area contributed by atoms with Crippen LogP contribution < -0.4 is 15.5 Å². The lowest BCUT2D eigenvalue weighted by atomic mass is 10.1. The minimum absolute atomic E-state index is 0.120. The van der Waals surface area contributed by atoms with Gasteiger partial charge in [-0.25, -0.2) is 17.9 Å². The number of nitrogens with one attached hydrogen (secondary N) is 2. The van der Waals surface area contributed by atoms with E-state index in [-0.39, 0.29) is 15.9 Å². The number of para-hydroxylation sites is 1. The van der Waals surface area contributed by atoms with Gasteiger partial charge >= 0.3 is 6.03 Å². The van der Waals surface area contributed by atoms with Crippen LogP contribution in [0.3, 0.4) is 0 Å². The highest BCUT2D eigenvalue weighted by Crippen LogP contribution is 2.23. The first-order valence-corrected chi connectivity index (χ1v) is 11.8. The number of amides is 2. The lowest BCUT2D eigenvalue weighted by Gasteiger charge is -2.08. The first kappa shape index (κ1) is 23.2. The van der Waals surface area contributed by atoms with Gasteiger partial charge in [0, 0.05) is 16.9 Å². The Kier molecular flexibility index (Phi) is 6.49. The molecule has 0 atom stereocenters. The van der Waals surface area contributed by atoms with Crippen molar-refractivity contribution >= 4 is 56.2 Å². The van der Waals surface area contributed by atoms with Crippen LogP contribution in [0.15, 0.2) is 92.1 Å². The molecule has 0 fully saturated rings. The van der Waals surface area contributed by atoms with E-state index in [1.165, 1.54) is 36.7 Å². The summed E-state index contributed by atoms with van der Waals surface area (Å²) in [6.07, 6.45) is 2.64. The molecule has 2 amide bonds. The van der Waals surface area contributed by atoms with Gasteiger partial charge in [-0.3, -0.25) is 9.79 Å². The average molecular weight is 496 g/mol. The minimum Gasteiger partial charge on any atom is -0.463 e. The van der Waals surface area contributed by atoms with Gasteiger partial charge in [0.05, 0.1) is 21.5 Å². The van der Waals surface area contributed by atoms with Crippen molar-refractivity contribution in [2.75, 3.05) is 5.32 Å². The molecule has 0 unspecified atom stereocenters. The smallest absolute Gasteiger partial charge is 0.333 e. The van der Waals surface area contributed by atoms with E-state index in [1.807, 2.05) is 4.72 Å². The van der Waals surface area contributed by atoms with Crippen LogP contribution in [0.25, 0.3) is 11.0 Å². The molecule has 8 nitrogen and oxygen atoms in total. The Morgan fingerprint density at radius 2 is 1.74 bits per heavy atom. The molecular weight excluding hydrogens is 478 g/mol. The summed E-state index contributed by atoms with van der Waals surface area (Å²) >= 11 is 6.12. The second-order valence-electron chi connectivity index (χ2n) is 7.24. The van der Waals surface area contributed by atoms with Crippen LogP contribution in [0.4, 0.5) is 16.2 Å². The maximum Gasteiger partial charge on any atom is 0.333 e. The Morgan fingerprint density at radius 3 is 2.44 bits per heavy atom. The van der Waals surface area contributed by atoms with Gasteiger partial charge in [-0.2, -0.15) is 0 Å². The van der Waals surface area contributed by atoms with Gasteiger partial charge in [-0.15, -0.1) is 0 Å². The third-order valence-electron chi connectivity index (χ3n) is 4.92. The van der Waals surface area contributed by atoms with Crippen molar-refractivity contribution in [1.29, 1.82) is 0 Å². The van der Waals surface area contributed by atoms with E-state index >= 15 is 0 Å². The second kappa shape index (κ2) is 9.50. The van der Waals surface area contributed by atoms with E-state index in [9.17, 15) is 18.0 Å². The highest BCUT2D eigenvalue weighted by molar-refractivity contribution is 7.90. The molecule has 1 heterocycles. The Labute approximate surface area is 200 Å². The fraction of sp³-hybridized carbons (Fsp3) is 0.0417. The Morgan fingerprint density at radius 1 is 1.03 bits per heavy atom. The van der Waals surface area contributed by atoms with Gasteiger partial charge in [0.25, 0.3) is 10.0 Å². The van der Waals surface area contributed by atoms with Crippen molar-refractivity contribution < 1.29 is 17.6 Å². The Balaban J connectivity index is 1.50. The summed E-state index contributed by atoms with van der Waals surface area (Å²) in [6, 6.07) is 16.4. The van der Waals surface area contributed by atoms with Crippen LogP contribution in [0.2, 0.25) is 5.02 Å². The van der Waals surface area contributed by atoms with Gasteiger partial charge in [-0.1, -0.05) is 29.8 Å². The molecule has 1 aromatic heterocycles. The van der Waals surface area contributed by atoms with E-state index in [0.717, 1.165) is 0 Å². The second-order valence-corrected chi connectivity index (χ2v) is 9.33. The van der Waals surface area contributed by atoms with Gasteiger partial charge in [0.2, 0.25) is 5.43 Å². The van der Waals surface area contributed by atoms with E-state index in [2.05, 4.69) is 10.3 Å². The van der Waals surface area contributed by atoms with Crippen molar-refractivity contribution in [2.24, 2.45) is 4.99 Å². The fourth-order valence-corrected chi connectivity index (χ4v) is 4.24. The zero-order chi connectivity index (χ0) is 24.3. The van der Waals surface area contributed by atoms with Crippen LogP contribution in [-0.2, 0) is 10.0 Å². The summed E-state index contributed by atoms with van der Waals surface area (Å²) in [4.78, 5) is 28.9. The summed E-state index contributed by atoms with van der Waals surface area (Å²) in [6.45, 7) is 1.73. The van der Waals surface area contributed by atoms with Crippen LogP contribution >= 0.6 is 11.6 Å². The van der Waals surface area contributed by atoms with Crippen LogP contribution in [0.1, 0.15) is 11.1 Å². The summed E-state index contributed by atoms with van der Waals surface area (Å²) in [7, 11) is -4.09. The molecule has 0 spiro atoms. The van der Waals surface area contributed by atoms with Crippen LogP contribution in [-0.4, -0.2) is 20.7 Å². The number of carbonyl (C=O) groups excluding carboxylic acids is 1. The van der Waals surface area contributed by atoms with Crippen LogP contribution in [0, 0.1) is 6.92 Å². The first-order valence-electron chi connectivity index (χ1n) is 9.98. The highest BCUT2D eigenvalue weighted by Gasteiger charge is 2.17. The molecule has 0 aliphatic rings. The normalized spacial score (nSPS) is 11.6. The maximum absolute atomic E-state index is 12.8. The molecule has 0 aliphatic carbocycles.